The van der Waals surface area contributed by atoms with Crippen LogP contribution in [0.5, 0.6) is 11.5 Å². The summed E-state index contributed by atoms with van der Waals surface area (Å²) in [6.07, 6.45) is 9.89. The lowest BCUT2D eigenvalue weighted by Gasteiger charge is -2.49. The van der Waals surface area contributed by atoms with E-state index in [-0.39, 0.29) is 0 Å². The van der Waals surface area contributed by atoms with Crippen molar-refractivity contribution in [2.75, 3.05) is 19.6 Å². The van der Waals surface area contributed by atoms with Crippen LogP contribution in [0.2, 0.25) is 5.02 Å². The molecular weight excluding hydrogens is 392 g/mol. The van der Waals surface area contributed by atoms with Gasteiger partial charge in [0.25, 0.3) is 0 Å². The van der Waals surface area contributed by atoms with Crippen molar-refractivity contribution < 1.29 is 4.74 Å². The Hall–Kier alpha value is -1.55. The summed E-state index contributed by atoms with van der Waals surface area (Å²) in [6.45, 7) is 4.77. The highest BCUT2D eigenvalue weighted by atomic mass is 35.5. The SMILES string of the molecule is Clc1ccc(Oc2cccc(CN3CCN4CCC[C@H]4[C@@H]3C3CCCCC3)c2)cc1. The van der Waals surface area contributed by atoms with E-state index < -0.39 is 0 Å². The number of benzene rings is 2. The fraction of sp³-hybridized carbons (Fsp3) is 0.538. The lowest BCUT2D eigenvalue weighted by atomic mass is 9.78. The van der Waals surface area contributed by atoms with Crippen LogP contribution in [0, 0.1) is 5.92 Å². The Morgan fingerprint density at radius 1 is 0.833 bits per heavy atom. The van der Waals surface area contributed by atoms with E-state index in [1.165, 1.54) is 70.1 Å². The van der Waals surface area contributed by atoms with Gasteiger partial charge in [0.05, 0.1) is 0 Å². The Morgan fingerprint density at radius 2 is 1.67 bits per heavy atom. The van der Waals surface area contributed by atoms with Crippen LogP contribution >= 0.6 is 11.6 Å². The quantitative estimate of drug-likeness (QED) is 0.555. The molecule has 2 aromatic rings. The van der Waals surface area contributed by atoms with Gasteiger partial charge in [0.15, 0.2) is 0 Å². The molecule has 5 rings (SSSR count). The molecular formula is C26H33ClN2O. The molecule has 2 aliphatic heterocycles. The molecule has 1 aliphatic carbocycles. The van der Waals surface area contributed by atoms with Crippen LogP contribution in [0.1, 0.15) is 50.5 Å². The fourth-order valence-corrected chi connectivity index (χ4v) is 6.14. The number of ether oxygens (including phenoxy) is 1. The summed E-state index contributed by atoms with van der Waals surface area (Å²) < 4.78 is 6.09. The third-order valence-corrected chi connectivity index (χ3v) is 7.62. The van der Waals surface area contributed by atoms with E-state index in [4.69, 9.17) is 16.3 Å². The van der Waals surface area contributed by atoms with Gasteiger partial charge in [-0.1, -0.05) is 43.0 Å². The number of piperazine rings is 1. The molecule has 0 radical (unpaired) electrons. The van der Waals surface area contributed by atoms with Gasteiger partial charge in [-0.3, -0.25) is 9.80 Å². The van der Waals surface area contributed by atoms with Crippen molar-refractivity contribution in [3.8, 4) is 11.5 Å². The molecule has 160 valence electrons. The molecule has 3 aliphatic rings. The molecule has 2 heterocycles. The Bertz CT molecular complexity index is 833. The first-order valence-electron chi connectivity index (χ1n) is 11.8. The fourth-order valence-electron chi connectivity index (χ4n) is 6.02. The van der Waals surface area contributed by atoms with Crippen molar-refractivity contribution >= 4 is 11.6 Å². The number of nitrogens with zero attached hydrogens (tertiary/aromatic N) is 2. The summed E-state index contributed by atoms with van der Waals surface area (Å²) in [7, 11) is 0. The predicted molar refractivity (Wildman–Crippen MR) is 123 cm³/mol. The second-order valence-corrected chi connectivity index (χ2v) is 9.74. The van der Waals surface area contributed by atoms with Crippen LogP contribution < -0.4 is 4.74 Å². The highest BCUT2D eigenvalue weighted by Gasteiger charge is 2.42. The number of hydrogen-bond donors (Lipinski definition) is 0. The zero-order chi connectivity index (χ0) is 20.3. The van der Waals surface area contributed by atoms with Gasteiger partial charge < -0.3 is 4.74 Å². The van der Waals surface area contributed by atoms with Gasteiger partial charge in [-0.25, -0.2) is 0 Å². The van der Waals surface area contributed by atoms with E-state index in [0.717, 1.165) is 41.1 Å². The molecule has 4 heteroatoms. The highest BCUT2D eigenvalue weighted by Crippen LogP contribution is 2.38. The van der Waals surface area contributed by atoms with Gasteiger partial charge in [0, 0.05) is 36.7 Å². The zero-order valence-electron chi connectivity index (χ0n) is 17.8. The first kappa shape index (κ1) is 20.4. The first-order valence-corrected chi connectivity index (χ1v) is 12.1. The third-order valence-electron chi connectivity index (χ3n) is 7.37. The van der Waals surface area contributed by atoms with E-state index in [1.807, 2.05) is 30.3 Å². The van der Waals surface area contributed by atoms with E-state index in [0.29, 0.717) is 0 Å². The third kappa shape index (κ3) is 4.54. The van der Waals surface area contributed by atoms with Gasteiger partial charge >= 0.3 is 0 Å². The number of halogens is 1. The Balaban J connectivity index is 1.32. The van der Waals surface area contributed by atoms with Crippen molar-refractivity contribution in [3.63, 3.8) is 0 Å². The maximum Gasteiger partial charge on any atom is 0.127 e. The van der Waals surface area contributed by atoms with Crippen LogP contribution in [0.3, 0.4) is 0 Å². The smallest absolute Gasteiger partial charge is 0.127 e. The van der Waals surface area contributed by atoms with Crippen molar-refractivity contribution in [2.45, 2.75) is 63.6 Å². The topological polar surface area (TPSA) is 15.7 Å². The minimum Gasteiger partial charge on any atom is -0.457 e. The molecule has 0 N–H and O–H groups in total. The van der Waals surface area contributed by atoms with Crippen molar-refractivity contribution in [1.82, 2.24) is 9.80 Å². The van der Waals surface area contributed by atoms with Gasteiger partial charge in [0.1, 0.15) is 11.5 Å². The summed E-state index contributed by atoms with van der Waals surface area (Å²) in [4.78, 5) is 5.60. The second kappa shape index (κ2) is 9.30. The molecule has 3 fully saturated rings. The molecule has 0 unspecified atom stereocenters. The molecule has 0 aromatic heterocycles. The number of fused-ring (bicyclic) bond motifs is 1. The van der Waals surface area contributed by atoms with E-state index in [1.54, 1.807) is 0 Å². The lowest BCUT2D eigenvalue weighted by Crippen LogP contribution is -2.59. The van der Waals surface area contributed by atoms with E-state index in [9.17, 15) is 0 Å². The van der Waals surface area contributed by atoms with Gasteiger partial charge in [-0.15, -0.1) is 0 Å². The Kier molecular flexibility index (Phi) is 6.31. The van der Waals surface area contributed by atoms with Crippen molar-refractivity contribution in [3.05, 3.63) is 59.1 Å². The maximum atomic E-state index is 6.09. The largest absolute Gasteiger partial charge is 0.457 e. The zero-order valence-corrected chi connectivity index (χ0v) is 18.6. The molecule has 0 bridgehead atoms. The summed E-state index contributed by atoms with van der Waals surface area (Å²) in [5.41, 5.74) is 1.36. The number of rotatable bonds is 5. The summed E-state index contributed by atoms with van der Waals surface area (Å²) in [5, 5.41) is 0.732. The molecule has 0 spiro atoms. The van der Waals surface area contributed by atoms with Gasteiger partial charge in [-0.2, -0.15) is 0 Å². The monoisotopic (exact) mass is 424 g/mol. The van der Waals surface area contributed by atoms with Crippen molar-refractivity contribution in [1.29, 1.82) is 0 Å². The van der Waals surface area contributed by atoms with Crippen LogP contribution in [-0.2, 0) is 6.54 Å². The van der Waals surface area contributed by atoms with Crippen LogP contribution in [0.15, 0.2) is 48.5 Å². The molecule has 3 nitrogen and oxygen atoms in total. The highest BCUT2D eigenvalue weighted by molar-refractivity contribution is 6.30. The average molecular weight is 425 g/mol. The maximum absolute atomic E-state index is 6.09. The molecule has 1 saturated carbocycles. The minimum absolute atomic E-state index is 0.724. The second-order valence-electron chi connectivity index (χ2n) is 9.31. The van der Waals surface area contributed by atoms with Crippen LogP contribution in [0.25, 0.3) is 0 Å². The summed E-state index contributed by atoms with van der Waals surface area (Å²) >= 11 is 6.00. The first-order chi connectivity index (χ1) is 14.8. The van der Waals surface area contributed by atoms with Crippen molar-refractivity contribution in [2.24, 2.45) is 5.92 Å². The number of hydrogen-bond acceptors (Lipinski definition) is 3. The molecule has 2 saturated heterocycles. The Labute approximate surface area is 186 Å². The van der Waals surface area contributed by atoms with E-state index in [2.05, 4.69) is 28.0 Å². The molecule has 0 amide bonds. The standard InChI is InChI=1S/C26H33ClN2O/c27-22-11-13-23(14-12-22)30-24-9-4-6-20(18-24)19-29-17-16-28-15-5-10-25(28)26(29)21-7-2-1-3-8-21/h4,6,9,11-14,18,21,25-26H,1-3,5,7-8,10,15-17,19H2/t25-,26-/m0/s1. The van der Waals surface area contributed by atoms with Gasteiger partial charge in [0.2, 0.25) is 0 Å². The molecule has 30 heavy (non-hydrogen) atoms. The molecule has 2 aromatic carbocycles. The average Bonchev–Trinajstić information content (AvgIpc) is 3.25. The molecule has 2 atom stereocenters. The summed E-state index contributed by atoms with van der Waals surface area (Å²) in [6, 6.07) is 17.7. The lowest BCUT2D eigenvalue weighted by molar-refractivity contribution is -0.00381. The van der Waals surface area contributed by atoms with Crippen LogP contribution in [0.4, 0.5) is 0 Å². The van der Waals surface area contributed by atoms with E-state index >= 15 is 0 Å². The minimum atomic E-state index is 0.724. The van der Waals surface area contributed by atoms with Crippen LogP contribution in [-0.4, -0.2) is 41.5 Å². The summed E-state index contributed by atoms with van der Waals surface area (Å²) in [5.74, 6) is 2.61. The normalized spacial score (nSPS) is 25.9. The predicted octanol–water partition coefficient (Wildman–Crippen LogP) is 6.36. The Morgan fingerprint density at radius 3 is 2.50 bits per heavy atom. The van der Waals surface area contributed by atoms with Gasteiger partial charge in [-0.05, 0) is 80.1 Å².